The first-order valence-corrected chi connectivity index (χ1v) is 9.67. The van der Waals surface area contributed by atoms with E-state index < -0.39 is 10.0 Å². The second kappa shape index (κ2) is 7.55. The van der Waals surface area contributed by atoms with E-state index >= 15 is 0 Å². The van der Waals surface area contributed by atoms with Crippen LogP contribution in [0.1, 0.15) is 0 Å². The lowest BCUT2D eigenvalue weighted by molar-refractivity contribution is 0.601. The number of rotatable bonds is 7. The van der Waals surface area contributed by atoms with Gasteiger partial charge in [-0.05, 0) is 42.5 Å². The van der Waals surface area contributed by atoms with Gasteiger partial charge in [0.2, 0.25) is 11.1 Å². The molecule has 0 unspecified atom stereocenters. The molecule has 0 fully saturated rings. The fraction of sp³-hybridized carbons (Fsp3) is 0.0769. The molecule has 0 bridgehead atoms. The predicted octanol–water partition coefficient (Wildman–Crippen LogP) is 2.27. The third kappa shape index (κ3) is 4.71. The molecular weight excluding hydrogens is 382 g/mol. The van der Waals surface area contributed by atoms with Gasteiger partial charge in [0, 0.05) is 18.1 Å². The van der Waals surface area contributed by atoms with E-state index in [9.17, 15) is 8.42 Å². The van der Waals surface area contributed by atoms with Crippen LogP contribution in [0.15, 0.2) is 47.6 Å². The Kier molecular flexibility index (Phi) is 5.21. The maximum atomic E-state index is 12.3. The van der Waals surface area contributed by atoms with Crippen molar-refractivity contribution in [2.24, 2.45) is 0 Å². The monoisotopic (exact) mass is 395 g/mol. The normalized spacial score (nSPS) is 11.0. The minimum absolute atomic E-state index is 0.0234. The number of aromatic amines is 1. The zero-order valence-corrected chi connectivity index (χ0v) is 15.1. The van der Waals surface area contributed by atoms with Crippen molar-refractivity contribution >= 4 is 50.3 Å². The standard InChI is InChI=1S/C13H13N7O2S3/c21-25(22,20-11-14-6-1-7-15-11)10-4-2-9(3-5-10)16-8-17-12-18-19-13(23)24-12/h1-7,16H,8H2,(H,17,18)(H,19,23)(H,14,15,20). The van der Waals surface area contributed by atoms with Crippen molar-refractivity contribution in [3.63, 3.8) is 0 Å². The molecule has 130 valence electrons. The Morgan fingerprint density at radius 3 is 2.48 bits per heavy atom. The molecule has 0 amide bonds. The van der Waals surface area contributed by atoms with E-state index in [-0.39, 0.29) is 10.8 Å². The highest BCUT2D eigenvalue weighted by molar-refractivity contribution is 7.92. The first-order valence-electron chi connectivity index (χ1n) is 6.96. The Labute approximate surface area is 152 Å². The van der Waals surface area contributed by atoms with Crippen LogP contribution in [-0.4, -0.2) is 35.3 Å². The summed E-state index contributed by atoms with van der Waals surface area (Å²) in [4.78, 5) is 7.80. The Morgan fingerprint density at radius 2 is 1.84 bits per heavy atom. The molecule has 2 heterocycles. The van der Waals surface area contributed by atoms with Gasteiger partial charge in [0.05, 0.1) is 11.6 Å². The molecule has 25 heavy (non-hydrogen) atoms. The molecule has 3 aromatic rings. The maximum absolute atomic E-state index is 12.3. The van der Waals surface area contributed by atoms with Gasteiger partial charge in [-0.3, -0.25) is 5.10 Å². The first kappa shape index (κ1) is 17.3. The molecule has 2 aromatic heterocycles. The zero-order chi connectivity index (χ0) is 17.7. The molecule has 0 saturated heterocycles. The minimum atomic E-state index is -3.73. The number of aromatic nitrogens is 4. The summed E-state index contributed by atoms with van der Waals surface area (Å²) in [5.41, 5.74) is 0.751. The molecule has 12 heteroatoms. The number of benzene rings is 1. The second-order valence-corrected chi connectivity index (χ2v) is 8.00. The smallest absolute Gasteiger partial charge is 0.264 e. The molecule has 0 saturated carbocycles. The topological polar surface area (TPSA) is 125 Å². The van der Waals surface area contributed by atoms with E-state index in [0.29, 0.717) is 15.8 Å². The summed E-state index contributed by atoms with van der Waals surface area (Å²) in [7, 11) is -3.73. The largest absolute Gasteiger partial charge is 0.368 e. The van der Waals surface area contributed by atoms with E-state index in [2.05, 4.69) is 35.5 Å². The number of nitrogens with one attached hydrogen (secondary N) is 4. The van der Waals surface area contributed by atoms with Gasteiger partial charge in [0.15, 0.2) is 3.95 Å². The van der Waals surface area contributed by atoms with E-state index in [1.807, 2.05) is 0 Å². The van der Waals surface area contributed by atoms with Crippen LogP contribution in [-0.2, 0) is 10.0 Å². The Bertz CT molecular complexity index is 984. The van der Waals surface area contributed by atoms with Gasteiger partial charge < -0.3 is 10.6 Å². The predicted molar refractivity (Wildman–Crippen MR) is 98.7 cm³/mol. The first-order chi connectivity index (χ1) is 12.0. The van der Waals surface area contributed by atoms with Crippen LogP contribution in [0.5, 0.6) is 0 Å². The fourth-order valence-electron chi connectivity index (χ4n) is 1.81. The van der Waals surface area contributed by atoms with Crippen LogP contribution >= 0.6 is 23.6 Å². The van der Waals surface area contributed by atoms with Crippen LogP contribution in [0.25, 0.3) is 0 Å². The van der Waals surface area contributed by atoms with Gasteiger partial charge in [-0.2, -0.15) is 0 Å². The molecule has 0 aliphatic rings. The van der Waals surface area contributed by atoms with Gasteiger partial charge in [-0.25, -0.2) is 23.1 Å². The van der Waals surface area contributed by atoms with Crippen LogP contribution in [0.3, 0.4) is 0 Å². The van der Waals surface area contributed by atoms with Crippen LogP contribution < -0.4 is 15.4 Å². The van der Waals surface area contributed by atoms with Crippen molar-refractivity contribution in [3.8, 4) is 0 Å². The van der Waals surface area contributed by atoms with Gasteiger partial charge >= 0.3 is 0 Å². The quantitative estimate of drug-likeness (QED) is 0.355. The molecule has 0 spiro atoms. The minimum Gasteiger partial charge on any atom is -0.368 e. The van der Waals surface area contributed by atoms with Crippen molar-refractivity contribution in [1.82, 2.24) is 20.2 Å². The summed E-state index contributed by atoms with van der Waals surface area (Å²) < 4.78 is 27.4. The van der Waals surface area contributed by atoms with Crippen molar-refractivity contribution in [3.05, 3.63) is 46.7 Å². The number of anilines is 3. The molecule has 0 aliphatic heterocycles. The van der Waals surface area contributed by atoms with E-state index in [1.54, 1.807) is 18.2 Å². The number of H-pyrrole nitrogens is 1. The maximum Gasteiger partial charge on any atom is 0.264 e. The molecular formula is C13H13N7O2S3. The van der Waals surface area contributed by atoms with E-state index in [4.69, 9.17) is 12.2 Å². The molecule has 0 aliphatic carbocycles. The second-order valence-electron chi connectivity index (χ2n) is 4.65. The molecule has 9 nitrogen and oxygen atoms in total. The van der Waals surface area contributed by atoms with Crippen molar-refractivity contribution in [1.29, 1.82) is 0 Å². The van der Waals surface area contributed by atoms with E-state index in [0.717, 1.165) is 5.69 Å². The Hall–Kier alpha value is -2.57. The molecule has 3 rings (SSSR count). The third-order valence-electron chi connectivity index (χ3n) is 2.93. The summed E-state index contributed by atoms with van der Waals surface area (Å²) >= 11 is 6.27. The molecule has 0 radical (unpaired) electrons. The number of hydrogen-bond donors (Lipinski definition) is 4. The van der Waals surface area contributed by atoms with Crippen molar-refractivity contribution in [2.75, 3.05) is 22.0 Å². The lowest BCUT2D eigenvalue weighted by Crippen LogP contribution is -2.15. The van der Waals surface area contributed by atoms with Crippen LogP contribution in [0.2, 0.25) is 0 Å². The lowest BCUT2D eigenvalue weighted by atomic mass is 10.3. The summed E-state index contributed by atoms with van der Waals surface area (Å²) in [6.07, 6.45) is 2.92. The third-order valence-corrected chi connectivity index (χ3v) is 5.32. The highest BCUT2D eigenvalue weighted by Gasteiger charge is 2.15. The van der Waals surface area contributed by atoms with Crippen LogP contribution in [0.4, 0.5) is 16.8 Å². The van der Waals surface area contributed by atoms with Crippen LogP contribution in [0, 0.1) is 3.95 Å². The van der Waals surface area contributed by atoms with Gasteiger partial charge in [0.25, 0.3) is 10.0 Å². The fourth-order valence-corrected chi connectivity index (χ4v) is 3.55. The van der Waals surface area contributed by atoms with E-state index in [1.165, 1.54) is 35.9 Å². The molecule has 0 atom stereocenters. The summed E-state index contributed by atoms with van der Waals surface area (Å²) in [6, 6.07) is 7.91. The average Bonchev–Trinajstić information content (AvgIpc) is 3.01. The summed E-state index contributed by atoms with van der Waals surface area (Å²) in [6.45, 7) is 0.415. The highest BCUT2D eigenvalue weighted by Crippen LogP contribution is 2.16. The summed E-state index contributed by atoms with van der Waals surface area (Å²) in [5, 5.41) is 13.5. The zero-order valence-electron chi connectivity index (χ0n) is 12.6. The number of sulfonamides is 1. The average molecular weight is 395 g/mol. The molecule has 1 aromatic carbocycles. The molecule has 4 N–H and O–H groups in total. The number of hydrogen-bond acceptors (Lipinski definition) is 9. The Balaban J connectivity index is 1.60. The highest BCUT2D eigenvalue weighted by atomic mass is 32.2. The van der Waals surface area contributed by atoms with Crippen molar-refractivity contribution in [2.45, 2.75) is 4.90 Å². The van der Waals surface area contributed by atoms with Gasteiger partial charge in [0.1, 0.15) is 0 Å². The van der Waals surface area contributed by atoms with Crippen molar-refractivity contribution < 1.29 is 8.42 Å². The lowest BCUT2D eigenvalue weighted by Gasteiger charge is -2.09. The van der Waals surface area contributed by atoms with Gasteiger partial charge in [-0.15, -0.1) is 5.10 Å². The summed E-state index contributed by atoms with van der Waals surface area (Å²) in [5.74, 6) is 0.0234. The Morgan fingerprint density at radius 1 is 1.12 bits per heavy atom. The van der Waals surface area contributed by atoms with Gasteiger partial charge in [-0.1, -0.05) is 11.3 Å². The number of nitrogens with zero attached hydrogens (tertiary/aromatic N) is 3. The SMILES string of the molecule is O=S(=O)(Nc1ncccn1)c1ccc(NCNc2n[nH]c(=S)s2)cc1.